The highest BCUT2D eigenvalue weighted by atomic mass is 15.4. The molecule has 22 heavy (non-hydrogen) atoms. The van der Waals surface area contributed by atoms with Gasteiger partial charge in [-0.05, 0) is 41.3 Å². The van der Waals surface area contributed by atoms with Gasteiger partial charge in [-0.25, -0.2) is 4.98 Å². The molecule has 0 bridgehead atoms. The van der Waals surface area contributed by atoms with Crippen molar-refractivity contribution < 1.29 is 0 Å². The van der Waals surface area contributed by atoms with Crippen molar-refractivity contribution in [2.75, 3.05) is 5.73 Å². The standard InChI is InChI=1S/C17H18N5/c1-11(2)17(10-20-22-21-17)15-8-14(9-19-16(15)18)13-6-4-5-12(3)7-13/h4,6-11H,1-3H3,(H2,18,19). The maximum atomic E-state index is 6.12. The molecule has 2 heterocycles. The van der Waals surface area contributed by atoms with Gasteiger partial charge in [-0.1, -0.05) is 32.0 Å². The summed E-state index contributed by atoms with van der Waals surface area (Å²) < 4.78 is 0. The molecule has 1 aromatic carbocycles. The summed E-state index contributed by atoms with van der Waals surface area (Å²) in [4.78, 5) is 4.36. The molecule has 1 radical (unpaired) electrons. The van der Waals surface area contributed by atoms with Gasteiger partial charge < -0.3 is 5.73 Å². The van der Waals surface area contributed by atoms with Crippen molar-refractivity contribution in [3.8, 4) is 11.1 Å². The molecule has 2 N–H and O–H groups in total. The Morgan fingerprint density at radius 2 is 2.05 bits per heavy atom. The molecule has 1 aliphatic rings. The highest BCUT2D eigenvalue weighted by Gasteiger charge is 2.39. The summed E-state index contributed by atoms with van der Waals surface area (Å²) in [5.74, 6) is 0.636. The second-order valence-electron chi connectivity index (χ2n) is 5.83. The maximum Gasteiger partial charge on any atom is 0.151 e. The molecule has 0 aliphatic carbocycles. The number of hydrogen-bond donors (Lipinski definition) is 1. The fourth-order valence-electron chi connectivity index (χ4n) is 2.66. The van der Waals surface area contributed by atoms with E-state index in [1.807, 2.05) is 25.1 Å². The lowest BCUT2D eigenvalue weighted by molar-refractivity contribution is 0.432. The SMILES string of the molecule is Cc1[c]ccc(-c2cnc(N)c(C3(C(C)C)C=NN=N3)c2)c1. The summed E-state index contributed by atoms with van der Waals surface area (Å²) in [5, 5.41) is 12.1. The van der Waals surface area contributed by atoms with Gasteiger partial charge >= 0.3 is 0 Å². The minimum Gasteiger partial charge on any atom is -0.383 e. The summed E-state index contributed by atoms with van der Waals surface area (Å²) in [7, 11) is 0. The van der Waals surface area contributed by atoms with E-state index >= 15 is 0 Å². The average molecular weight is 292 g/mol. The zero-order valence-corrected chi connectivity index (χ0v) is 12.9. The van der Waals surface area contributed by atoms with Crippen molar-refractivity contribution in [3.05, 3.63) is 47.7 Å². The van der Waals surface area contributed by atoms with Gasteiger partial charge in [-0.3, -0.25) is 0 Å². The summed E-state index contributed by atoms with van der Waals surface area (Å²) in [5.41, 5.74) is 9.48. The van der Waals surface area contributed by atoms with Crippen molar-refractivity contribution in [3.63, 3.8) is 0 Å². The fourth-order valence-corrected chi connectivity index (χ4v) is 2.66. The molecule has 3 rings (SSSR count). The van der Waals surface area contributed by atoms with Crippen molar-refractivity contribution >= 4 is 12.0 Å². The van der Waals surface area contributed by atoms with Crippen LogP contribution < -0.4 is 5.73 Å². The van der Waals surface area contributed by atoms with Crippen LogP contribution in [0.2, 0.25) is 0 Å². The molecule has 0 saturated carbocycles. The van der Waals surface area contributed by atoms with Gasteiger partial charge in [0.2, 0.25) is 0 Å². The van der Waals surface area contributed by atoms with Crippen LogP contribution in [-0.2, 0) is 5.54 Å². The number of aryl methyl sites for hydroxylation is 1. The van der Waals surface area contributed by atoms with Crippen LogP contribution in [0.1, 0.15) is 25.0 Å². The third kappa shape index (κ3) is 2.28. The van der Waals surface area contributed by atoms with Crippen LogP contribution in [-0.4, -0.2) is 11.2 Å². The number of benzene rings is 1. The zero-order chi connectivity index (χ0) is 15.7. The fraction of sp³-hybridized carbons (Fsp3) is 0.294. The molecular weight excluding hydrogens is 274 g/mol. The summed E-state index contributed by atoms with van der Waals surface area (Å²) in [6.07, 6.45) is 3.53. The number of nitrogens with two attached hydrogens (primary N) is 1. The number of nitrogens with zero attached hydrogens (tertiary/aromatic N) is 4. The van der Waals surface area contributed by atoms with E-state index in [-0.39, 0.29) is 5.92 Å². The van der Waals surface area contributed by atoms with E-state index in [4.69, 9.17) is 5.73 Å². The summed E-state index contributed by atoms with van der Waals surface area (Å²) in [6.45, 7) is 6.16. The van der Waals surface area contributed by atoms with Gasteiger partial charge in [0.1, 0.15) is 5.82 Å². The second kappa shape index (κ2) is 5.33. The first-order valence-corrected chi connectivity index (χ1v) is 7.24. The van der Waals surface area contributed by atoms with Crippen LogP contribution in [0.3, 0.4) is 0 Å². The predicted octanol–water partition coefficient (Wildman–Crippen LogP) is 3.74. The van der Waals surface area contributed by atoms with Gasteiger partial charge in [0, 0.05) is 17.3 Å². The first-order valence-electron chi connectivity index (χ1n) is 7.24. The van der Waals surface area contributed by atoms with Crippen molar-refractivity contribution in [2.45, 2.75) is 26.3 Å². The van der Waals surface area contributed by atoms with Crippen LogP contribution in [0.5, 0.6) is 0 Å². The van der Waals surface area contributed by atoms with Crippen LogP contribution in [0.25, 0.3) is 11.1 Å². The van der Waals surface area contributed by atoms with Gasteiger partial charge in [0.25, 0.3) is 0 Å². The second-order valence-corrected chi connectivity index (χ2v) is 5.83. The third-order valence-electron chi connectivity index (χ3n) is 4.03. The van der Waals surface area contributed by atoms with Crippen molar-refractivity contribution in [1.82, 2.24) is 4.98 Å². The lowest BCUT2D eigenvalue weighted by Crippen LogP contribution is -2.31. The molecule has 2 aromatic rings. The van der Waals surface area contributed by atoms with E-state index in [1.54, 1.807) is 12.4 Å². The number of pyridine rings is 1. The molecule has 5 heteroatoms. The largest absolute Gasteiger partial charge is 0.383 e. The monoisotopic (exact) mass is 292 g/mol. The van der Waals surface area contributed by atoms with Crippen molar-refractivity contribution in [1.29, 1.82) is 0 Å². The molecular formula is C17H18N5. The van der Waals surface area contributed by atoms with E-state index in [9.17, 15) is 0 Å². The van der Waals surface area contributed by atoms with Gasteiger partial charge in [0.15, 0.2) is 5.54 Å². The summed E-state index contributed by atoms with van der Waals surface area (Å²) in [6, 6.07) is 11.2. The Morgan fingerprint density at radius 1 is 1.23 bits per heavy atom. The maximum absolute atomic E-state index is 6.12. The van der Waals surface area contributed by atoms with E-state index in [2.05, 4.69) is 46.4 Å². The Morgan fingerprint density at radius 3 is 2.68 bits per heavy atom. The van der Waals surface area contributed by atoms with Gasteiger partial charge in [0.05, 0.1) is 6.21 Å². The Balaban J connectivity index is 2.15. The minimum absolute atomic E-state index is 0.174. The van der Waals surface area contributed by atoms with E-state index in [1.165, 1.54) is 0 Å². The van der Waals surface area contributed by atoms with E-state index in [0.29, 0.717) is 5.82 Å². The first-order chi connectivity index (χ1) is 10.5. The third-order valence-corrected chi connectivity index (χ3v) is 4.03. The lowest BCUT2D eigenvalue weighted by atomic mass is 9.81. The van der Waals surface area contributed by atoms with E-state index < -0.39 is 5.54 Å². The van der Waals surface area contributed by atoms with Crippen molar-refractivity contribution in [2.24, 2.45) is 21.4 Å². The quantitative estimate of drug-likeness (QED) is 0.935. The molecule has 0 saturated heterocycles. The van der Waals surface area contributed by atoms with Crippen LogP contribution in [0, 0.1) is 18.9 Å². The van der Waals surface area contributed by atoms with Gasteiger partial charge in [-0.15, -0.1) is 5.10 Å². The highest BCUT2D eigenvalue weighted by molar-refractivity contribution is 5.79. The molecule has 1 aromatic heterocycles. The number of aromatic nitrogens is 1. The molecule has 0 spiro atoms. The Hall–Kier alpha value is -2.56. The first kappa shape index (κ1) is 14.4. The average Bonchev–Trinajstić information content (AvgIpc) is 2.98. The Labute approximate surface area is 130 Å². The zero-order valence-electron chi connectivity index (χ0n) is 12.9. The molecule has 1 unspecified atom stereocenters. The van der Waals surface area contributed by atoms with Crippen LogP contribution in [0.4, 0.5) is 5.82 Å². The predicted molar refractivity (Wildman–Crippen MR) is 87.5 cm³/mol. The molecule has 1 atom stereocenters. The summed E-state index contributed by atoms with van der Waals surface area (Å²) >= 11 is 0. The number of rotatable bonds is 3. The normalized spacial score (nSPS) is 20.0. The smallest absolute Gasteiger partial charge is 0.151 e. The number of nitrogen functional groups attached to an aromatic ring is 1. The lowest BCUT2D eigenvalue weighted by Gasteiger charge is -2.27. The molecule has 5 nitrogen and oxygen atoms in total. The van der Waals surface area contributed by atoms with Crippen LogP contribution in [0.15, 0.2) is 45.9 Å². The number of anilines is 1. The van der Waals surface area contributed by atoms with Crippen LogP contribution >= 0.6 is 0 Å². The minimum atomic E-state index is -0.636. The molecule has 0 amide bonds. The Kier molecular flexibility index (Phi) is 3.48. The molecule has 1 aliphatic heterocycles. The van der Waals surface area contributed by atoms with E-state index in [0.717, 1.165) is 22.3 Å². The highest BCUT2D eigenvalue weighted by Crippen LogP contribution is 2.39. The number of hydrogen-bond acceptors (Lipinski definition) is 5. The Bertz CT molecular complexity index is 749. The van der Waals surface area contributed by atoms with Gasteiger partial charge in [-0.2, -0.15) is 5.11 Å². The molecule has 111 valence electrons. The molecule has 0 fully saturated rings. The topological polar surface area (TPSA) is 76.0 Å².